The molecule has 0 unspecified atom stereocenters. The first kappa shape index (κ1) is 20.6. The molecule has 30 heavy (non-hydrogen) atoms. The molecule has 0 atom stereocenters. The predicted molar refractivity (Wildman–Crippen MR) is 124 cm³/mol. The van der Waals surface area contributed by atoms with Crippen molar-refractivity contribution in [3.8, 4) is 5.75 Å². The summed E-state index contributed by atoms with van der Waals surface area (Å²) >= 11 is 4.91. The van der Waals surface area contributed by atoms with E-state index in [0.29, 0.717) is 38.6 Å². The van der Waals surface area contributed by atoms with Crippen LogP contribution in [0.2, 0.25) is 0 Å². The van der Waals surface area contributed by atoms with Crippen LogP contribution in [-0.2, 0) is 12.8 Å². The molecule has 4 rings (SSSR count). The van der Waals surface area contributed by atoms with Gasteiger partial charge in [-0.25, -0.2) is 0 Å². The summed E-state index contributed by atoms with van der Waals surface area (Å²) in [6.45, 7) is 2.41. The third-order valence-electron chi connectivity index (χ3n) is 4.93. The van der Waals surface area contributed by atoms with Crippen molar-refractivity contribution in [3.05, 3.63) is 74.6 Å². The third-order valence-corrected chi connectivity index (χ3v) is 6.83. The minimum absolute atomic E-state index is 0.232. The Balaban J connectivity index is 1.64. The first-order valence-electron chi connectivity index (χ1n) is 9.82. The Morgan fingerprint density at radius 3 is 2.60 bits per heavy atom. The van der Waals surface area contributed by atoms with Crippen LogP contribution in [0.4, 0.5) is 10.7 Å². The van der Waals surface area contributed by atoms with E-state index in [2.05, 4.69) is 26.6 Å². The molecule has 2 aromatic carbocycles. The molecular weight excluding hydrogens is 464 g/mol. The minimum Gasteiger partial charge on any atom is -0.492 e. The van der Waals surface area contributed by atoms with Crippen LogP contribution in [0.5, 0.6) is 5.75 Å². The minimum atomic E-state index is -0.244. The number of rotatable bonds is 6. The summed E-state index contributed by atoms with van der Waals surface area (Å²) in [5.74, 6) is 0.147. The van der Waals surface area contributed by atoms with E-state index in [1.165, 1.54) is 16.2 Å². The molecule has 1 aliphatic carbocycles. The number of thiophene rings is 1. The monoisotopic (exact) mass is 484 g/mol. The molecule has 1 heterocycles. The molecule has 7 heteroatoms. The van der Waals surface area contributed by atoms with Crippen LogP contribution in [0.15, 0.2) is 53.0 Å². The highest BCUT2D eigenvalue weighted by molar-refractivity contribution is 9.10. The van der Waals surface area contributed by atoms with E-state index in [-0.39, 0.29) is 11.8 Å². The first-order valence-corrected chi connectivity index (χ1v) is 11.4. The molecule has 0 bridgehead atoms. The molecule has 2 amide bonds. The average molecular weight is 485 g/mol. The van der Waals surface area contributed by atoms with E-state index in [0.717, 1.165) is 24.8 Å². The molecule has 0 saturated carbocycles. The summed E-state index contributed by atoms with van der Waals surface area (Å²) in [4.78, 5) is 27.3. The summed E-state index contributed by atoms with van der Waals surface area (Å²) < 4.78 is 6.34. The fourth-order valence-corrected chi connectivity index (χ4v) is 5.33. The molecule has 0 radical (unpaired) electrons. The van der Waals surface area contributed by atoms with Gasteiger partial charge in [0, 0.05) is 9.35 Å². The number of hydrogen-bond donors (Lipinski definition) is 2. The Morgan fingerprint density at radius 1 is 1.03 bits per heavy atom. The predicted octanol–water partition coefficient (Wildman–Crippen LogP) is 5.90. The zero-order chi connectivity index (χ0) is 21.1. The van der Waals surface area contributed by atoms with Gasteiger partial charge in [0.1, 0.15) is 10.8 Å². The number of anilines is 2. The molecule has 2 N–H and O–H groups in total. The quantitative estimate of drug-likeness (QED) is 0.457. The third kappa shape index (κ3) is 4.13. The van der Waals surface area contributed by atoms with Crippen LogP contribution in [0, 0.1) is 0 Å². The van der Waals surface area contributed by atoms with Crippen LogP contribution in [-0.4, -0.2) is 18.4 Å². The number of amides is 2. The zero-order valence-corrected chi connectivity index (χ0v) is 18.9. The van der Waals surface area contributed by atoms with E-state index in [9.17, 15) is 9.59 Å². The number of ether oxygens (including phenoxy) is 1. The molecule has 154 valence electrons. The van der Waals surface area contributed by atoms with Gasteiger partial charge in [-0.15, -0.1) is 11.3 Å². The van der Waals surface area contributed by atoms with Crippen LogP contribution >= 0.6 is 27.3 Å². The SMILES string of the molecule is CCOc1ccccc1NC(=O)c1c(NC(=O)c2ccccc2Br)sc2c1CCC2. The highest BCUT2D eigenvalue weighted by Crippen LogP contribution is 2.40. The lowest BCUT2D eigenvalue weighted by atomic mass is 10.1. The van der Waals surface area contributed by atoms with Crippen molar-refractivity contribution in [2.75, 3.05) is 17.2 Å². The van der Waals surface area contributed by atoms with E-state index in [4.69, 9.17) is 4.74 Å². The van der Waals surface area contributed by atoms with Crippen molar-refractivity contribution in [3.63, 3.8) is 0 Å². The molecule has 0 spiro atoms. The Labute approximate surface area is 187 Å². The highest BCUT2D eigenvalue weighted by atomic mass is 79.9. The van der Waals surface area contributed by atoms with E-state index >= 15 is 0 Å². The van der Waals surface area contributed by atoms with Gasteiger partial charge < -0.3 is 15.4 Å². The number of hydrogen-bond acceptors (Lipinski definition) is 4. The smallest absolute Gasteiger partial charge is 0.259 e. The van der Waals surface area contributed by atoms with Gasteiger partial charge in [-0.05, 0) is 71.9 Å². The van der Waals surface area contributed by atoms with Crippen LogP contribution in [0.25, 0.3) is 0 Å². The van der Waals surface area contributed by atoms with Gasteiger partial charge in [-0.2, -0.15) is 0 Å². The first-order chi connectivity index (χ1) is 14.6. The standard InChI is InChI=1S/C23H21BrN2O3S/c1-2-29-18-12-6-5-11-17(18)25-22(28)20-15-9-7-13-19(15)30-23(20)26-21(27)14-8-3-4-10-16(14)24/h3-6,8,10-12H,2,7,9,13H2,1H3,(H,25,28)(H,26,27). The van der Waals surface area contributed by atoms with Crippen molar-refractivity contribution in [1.29, 1.82) is 0 Å². The van der Waals surface area contributed by atoms with Gasteiger partial charge in [0.15, 0.2) is 0 Å². The number of carbonyl (C=O) groups excluding carboxylic acids is 2. The number of nitrogens with one attached hydrogen (secondary N) is 2. The lowest BCUT2D eigenvalue weighted by Gasteiger charge is -2.13. The average Bonchev–Trinajstić information content (AvgIpc) is 3.30. The summed E-state index contributed by atoms with van der Waals surface area (Å²) in [6.07, 6.45) is 2.79. The molecule has 3 aromatic rings. The topological polar surface area (TPSA) is 67.4 Å². The van der Waals surface area contributed by atoms with Gasteiger partial charge in [0.25, 0.3) is 11.8 Å². The van der Waals surface area contributed by atoms with Crippen molar-refractivity contribution < 1.29 is 14.3 Å². The van der Waals surface area contributed by atoms with E-state index in [1.807, 2.05) is 49.4 Å². The van der Waals surface area contributed by atoms with Crippen LogP contribution < -0.4 is 15.4 Å². The Bertz CT molecular complexity index is 1110. The number of benzene rings is 2. The van der Waals surface area contributed by atoms with E-state index < -0.39 is 0 Å². The Kier molecular flexibility index (Phi) is 6.20. The van der Waals surface area contributed by atoms with Gasteiger partial charge in [-0.3, -0.25) is 9.59 Å². The molecule has 0 aliphatic heterocycles. The lowest BCUT2D eigenvalue weighted by molar-refractivity contribution is 0.102. The van der Waals surface area contributed by atoms with Gasteiger partial charge in [0.05, 0.1) is 23.4 Å². The van der Waals surface area contributed by atoms with Gasteiger partial charge in [-0.1, -0.05) is 24.3 Å². The molecule has 5 nitrogen and oxygen atoms in total. The second kappa shape index (κ2) is 9.02. The number of carbonyl (C=O) groups is 2. The Hall–Kier alpha value is -2.64. The maximum absolute atomic E-state index is 13.3. The largest absolute Gasteiger partial charge is 0.492 e. The second-order valence-electron chi connectivity index (χ2n) is 6.88. The van der Waals surface area contributed by atoms with Crippen molar-refractivity contribution in [2.45, 2.75) is 26.2 Å². The van der Waals surface area contributed by atoms with Crippen LogP contribution in [0.1, 0.15) is 44.5 Å². The Morgan fingerprint density at radius 2 is 1.80 bits per heavy atom. The molecule has 1 aromatic heterocycles. The maximum Gasteiger partial charge on any atom is 0.259 e. The highest BCUT2D eigenvalue weighted by Gasteiger charge is 2.28. The van der Waals surface area contributed by atoms with Crippen molar-refractivity contribution in [2.24, 2.45) is 0 Å². The van der Waals surface area contributed by atoms with Crippen LogP contribution in [0.3, 0.4) is 0 Å². The second-order valence-corrected chi connectivity index (χ2v) is 8.84. The van der Waals surface area contributed by atoms with Crippen molar-refractivity contribution in [1.82, 2.24) is 0 Å². The zero-order valence-electron chi connectivity index (χ0n) is 16.5. The number of aryl methyl sites for hydroxylation is 1. The number of fused-ring (bicyclic) bond motifs is 1. The number of para-hydroxylation sites is 2. The fraction of sp³-hybridized carbons (Fsp3) is 0.217. The molecule has 0 fully saturated rings. The summed E-state index contributed by atoms with van der Waals surface area (Å²) in [5, 5.41) is 6.53. The van der Waals surface area contributed by atoms with E-state index in [1.54, 1.807) is 6.07 Å². The molecular formula is C23H21BrN2O3S. The molecule has 0 saturated heterocycles. The summed E-state index contributed by atoms with van der Waals surface area (Å²) in [5.41, 5.74) is 2.73. The van der Waals surface area contributed by atoms with Crippen molar-refractivity contribution >= 4 is 49.8 Å². The summed E-state index contributed by atoms with van der Waals surface area (Å²) in [7, 11) is 0. The molecule has 1 aliphatic rings. The maximum atomic E-state index is 13.3. The van der Waals surface area contributed by atoms with Gasteiger partial charge >= 0.3 is 0 Å². The summed E-state index contributed by atoms with van der Waals surface area (Å²) in [6, 6.07) is 14.6. The van der Waals surface area contributed by atoms with Gasteiger partial charge in [0.2, 0.25) is 0 Å². The normalized spacial score (nSPS) is 12.3. The number of halogens is 1. The fourth-order valence-electron chi connectivity index (χ4n) is 3.58. The lowest BCUT2D eigenvalue weighted by Crippen LogP contribution is -2.18.